The van der Waals surface area contributed by atoms with Crippen LogP contribution in [0.5, 0.6) is 0 Å². The number of anilines is 1. The Morgan fingerprint density at radius 2 is 2.12 bits per heavy atom. The molecule has 0 atom stereocenters. The van der Waals surface area contributed by atoms with E-state index in [1.165, 1.54) is 23.3 Å². The Morgan fingerprint density at radius 1 is 1.20 bits per heavy atom. The zero-order valence-corrected chi connectivity index (χ0v) is 15.2. The summed E-state index contributed by atoms with van der Waals surface area (Å²) in [6.07, 6.45) is 8.67. The van der Waals surface area contributed by atoms with Crippen LogP contribution in [0.4, 0.5) is 5.82 Å². The highest BCUT2D eigenvalue weighted by atomic mass is 32.2. The van der Waals surface area contributed by atoms with Crippen LogP contribution in [0.2, 0.25) is 0 Å². The molecule has 0 amide bonds. The molecule has 0 saturated carbocycles. The largest absolute Gasteiger partial charge is 0.383 e. The number of rotatable bonds is 3. The molecule has 4 heterocycles. The summed E-state index contributed by atoms with van der Waals surface area (Å²) in [6, 6.07) is 6.07. The quantitative estimate of drug-likeness (QED) is 0.552. The summed E-state index contributed by atoms with van der Waals surface area (Å²) in [4.78, 5) is 16.4. The van der Waals surface area contributed by atoms with Crippen LogP contribution in [0.15, 0.2) is 35.7 Å². The lowest BCUT2D eigenvalue weighted by atomic mass is 9.97. The Hall–Kier alpha value is -2.12. The molecule has 0 unspecified atom stereocenters. The van der Waals surface area contributed by atoms with E-state index in [1.807, 2.05) is 30.6 Å². The molecule has 5 nitrogen and oxygen atoms in total. The molecule has 7 heteroatoms. The first-order valence-electron chi connectivity index (χ1n) is 8.41. The summed E-state index contributed by atoms with van der Waals surface area (Å²) in [5.41, 5.74) is 8.77. The van der Waals surface area contributed by atoms with Crippen molar-refractivity contribution >= 4 is 44.6 Å². The Bertz CT molecular complexity index is 1080. The van der Waals surface area contributed by atoms with E-state index in [2.05, 4.69) is 14.4 Å². The number of hydrogen-bond donors (Lipinski definition) is 1. The number of thioether (sulfide) groups is 1. The molecule has 5 rings (SSSR count). The highest BCUT2D eigenvalue weighted by molar-refractivity contribution is 7.98. The van der Waals surface area contributed by atoms with Gasteiger partial charge in [0, 0.05) is 11.1 Å². The van der Waals surface area contributed by atoms with Crippen molar-refractivity contribution in [2.24, 2.45) is 0 Å². The number of nitrogen functional groups attached to an aromatic ring is 1. The average molecular weight is 368 g/mol. The van der Waals surface area contributed by atoms with Gasteiger partial charge in [-0.15, -0.1) is 11.3 Å². The first-order chi connectivity index (χ1) is 12.3. The zero-order valence-electron chi connectivity index (χ0n) is 13.6. The van der Waals surface area contributed by atoms with Crippen LogP contribution >= 0.6 is 23.1 Å². The third-order valence-corrected chi connectivity index (χ3v) is 6.77. The van der Waals surface area contributed by atoms with E-state index in [0.717, 1.165) is 39.6 Å². The van der Waals surface area contributed by atoms with E-state index in [0.29, 0.717) is 11.6 Å². The topological polar surface area (TPSA) is 69.1 Å². The lowest BCUT2D eigenvalue weighted by Crippen LogP contribution is -2.02. The van der Waals surface area contributed by atoms with Crippen molar-refractivity contribution in [1.29, 1.82) is 0 Å². The van der Waals surface area contributed by atoms with E-state index < -0.39 is 0 Å². The fourth-order valence-corrected chi connectivity index (χ4v) is 5.56. The molecule has 0 aliphatic heterocycles. The smallest absolute Gasteiger partial charge is 0.173 e. The number of fused-ring (bicyclic) bond motifs is 4. The van der Waals surface area contributed by atoms with E-state index in [9.17, 15) is 0 Å². The molecule has 0 spiro atoms. The Labute approximate surface area is 153 Å². The minimum atomic E-state index is 0.632. The third-order valence-electron chi connectivity index (χ3n) is 4.62. The standard InChI is InChI=1S/C18H17N5S2/c19-16-15-12-6-1-2-7-13(12)25-17(15)22-14(21-16)10-24-18-20-9-11-5-3-4-8-23(11)18/h3-5,8-9H,1-2,6-7,10H2,(H2,19,21,22). The molecule has 25 heavy (non-hydrogen) atoms. The normalized spacial score (nSPS) is 14.2. The number of aromatic nitrogens is 4. The minimum absolute atomic E-state index is 0.632. The van der Waals surface area contributed by atoms with Gasteiger partial charge in [-0.3, -0.25) is 4.40 Å². The van der Waals surface area contributed by atoms with Gasteiger partial charge in [-0.05, 0) is 43.4 Å². The highest BCUT2D eigenvalue weighted by Gasteiger charge is 2.20. The molecule has 2 N–H and O–H groups in total. The van der Waals surface area contributed by atoms with E-state index in [-0.39, 0.29) is 0 Å². The van der Waals surface area contributed by atoms with E-state index in [1.54, 1.807) is 23.1 Å². The molecule has 1 aliphatic carbocycles. The molecule has 0 radical (unpaired) electrons. The van der Waals surface area contributed by atoms with Crippen molar-refractivity contribution < 1.29 is 0 Å². The maximum Gasteiger partial charge on any atom is 0.173 e. The number of hydrogen-bond acceptors (Lipinski definition) is 6. The van der Waals surface area contributed by atoms with Crippen LogP contribution in [-0.4, -0.2) is 19.4 Å². The monoisotopic (exact) mass is 367 g/mol. The second-order valence-electron chi connectivity index (χ2n) is 6.24. The molecule has 0 fully saturated rings. The average Bonchev–Trinajstić information content (AvgIpc) is 3.21. The minimum Gasteiger partial charge on any atom is -0.383 e. The number of imidazole rings is 1. The second kappa shape index (κ2) is 6.00. The summed E-state index contributed by atoms with van der Waals surface area (Å²) in [6.45, 7) is 0. The van der Waals surface area contributed by atoms with Gasteiger partial charge in [-0.1, -0.05) is 17.8 Å². The van der Waals surface area contributed by atoms with Gasteiger partial charge in [-0.25, -0.2) is 15.0 Å². The number of pyridine rings is 1. The first-order valence-corrected chi connectivity index (χ1v) is 10.2. The van der Waals surface area contributed by atoms with Crippen molar-refractivity contribution in [2.45, 2.75) is 36.6 Å². The van der Waals surface area contributed by atoms with Gasteiger partial charge in [0.2, 0.25) is 0 Å². The van der Waals surface area contributed by atoms with Crippen LogP contribution in [0.3, 0.4) is 0 Å². The number of nitrogens with two attached hydrogens (primary N) is 1. The van der Waals surface area contributed by atoms with Gasteiger partial charge in [0.15, 0.2) is 5.16 Å². The molecule has 4 aromatic rings. The summed E-state index contributed by atoms with van der Waals surface area (Å²) in [5, 5.41) is 2.04. The summed E-state index contributed by atoms with van der Waals surface area (Å²) < 4.78 is 2.08. The maximum atomic E-state index is 6.29. The fraction of sp³-hybridized carbons (Fsp3) is 0.278. The van der Waals surface area contributed by atoms with Crippen LogP contribution in [0, 0.1) is 0 Å². The Morgan fingerprint density at radius 3 is 3.08 bits per heavy atom. The van der Waals surface area contributed by atoms with Crippen LogP contribution < -0.4 is 5.73 Å². The molecule has 126 valence electrons. The summed E-state index contributed by atoms with van der Waals surface area (Å²) in [7, 11) is 0. The lowest BCUT2D eigenvalue weighted by Gasteiger charge is -2.10. The second-order valence-corrected chi connectivity index (χ2v) is 8.27. The lowest BCUT2D eigenvalue weighted by molar-refractivity contribution is 0.700. The van der Waals surface area contributed by atoms with Crippen molar-refractivity contribution in [3.05, 3.63) is 46.9 Å². The SMILES string of the molecule is Nc1nc(CSc2ncc3ccccn23)nc2sc3c(c12)CCCC3. The van der Waals surface area contributed by atoms with E-state index in [4.69, 9.17) is 10.7 Å². The zero-order chi connectivity index (χ0) is 16.8. The Kier molecular flexibility index (Phi) is 3.64. The van der Waals surface area contributed by atoms with Gasteiger partial charge in [0.1, 0.15) is 16.5 Å². The van der Waals surface area contributed by atoms with Gasteiger partial charge in [-0.2, -0.15) is 0 Å². The van der Waals surface area contributed by atoms with Gasteiger partial charge in [0.05, 0.1) is 22.9 Å². The van der Waals surface area contributed by atoms with E-state index >= 15 is 0 Å². The molecule has 0 bridgehead atoms. The predicted molar refractivity (Wildman–Crippen MR) is 103 cm³/mol. The fourth-order valence-electron chi connectivity index (χ4n) is 3.45. The first kappa shape index (κ1) is 15.2. The van der Waals surface area contributed by atoms with Crippen molar-refractivity contribution in [1.82, 2.24) is 19.4 Å². The maximum absolute atomic E-state index is 6.29. The molecule has 1 aliphatic rings. The van der Waals surface area contributed by atoms with Gasteiger partial charge >= 0.3 is 0 Å². The molecule has 4 aromatic heterocycles. The van der Waals surface area contributed by atoms with Crippen molar-refractivity contribution in [3.8, 4) is 0 Å². The van der Waals surface area contributed by atoms with Crippen LogP contribution in [0.25, 0.3) is 15.7 Å². The van der Waals surface area contributed by atoms with Gasteiger partial charge in [0.25, 0.3) is 0 Å². The van der Waals surface area contributed by atoms with Crippen molar-refractivity contribution in [2.75, 3.05) is 5.73 Å². The van der Waals surface area contributed by atoms with Crippen LogP contribution in [-0.2, 0) is 18.6 Å². The number of nitrogens with zero attached hydrogens (tertiary/aromatic N) is 4. The van der Waals surface area contributed by atoms with Gasteiger partial charge < -0.3 is 5.73 Å². The summed E-state index contributed by atoms with van der Waals surface area (Å²) in [5.74, 6) is 2.07. The molecular weight excluding hydrogens is 350 g/mol. The predicted octanol–water partition coefficient (Wildman–Crippen LogP) is 4.09. The highest BCUT2D eigenvalue weighted by Crippen LogP contribution is 2.38. The van der Waals surface area contributed by atoms with Crippen LogP contribution in [0.1, 0.15) is 29.1 Å². The summed E-state index contributed by atoms with van der Waals surface area (Å²) >= 11 is 3.43. The Balaban J connectivity index is 1.47. The number of thiophene rings is 1. The molecular formula is C18H17N5S2. The number of aryl methyl sites for hydroxylation is 2. The third kappa shape index (κ3) is 2.58. The van der Waals surface area contributed by atoms with Crippen molar-refractivity contribution in [3.63, 3.8) is 0 Å². The molecule has 0 saturated heterocycles. The molecule has 0 aromatic carbocycles.